The molecule has 392 valence electrons. The van der Waals surface area contributed by atoms with Gasteiger partial charge in [0.2, 0.25) is 0 Å². The zero-order chi connectivity index (χ0) is 53.2. The average molecular weight is 968 g/mol. The Morgan fingerprint density at radius 3 is 0.800 bits per heavy atom. The molecule has 9 nitrogen and oxygen atoms in total. The van der Waals surface area contributed by atoms with Crippen LogP contribution >= 0.6 is 0 Å². The number of amides is 3. The highest BCUT2D eigenvalue weighted by molar-refractivity contribution is 5.79. The number of unbranched alkanes of at least 4 members (excludes halogenated alkanes) is 3. The van der Waals surface area contributed by atoms with Gasteiger partial charge in [-0.15, -0.1) is 0 Å². The van der Waals surface area contributed by atoms with Crippen molar-refractivity contribution in [2.45, 2.75) is 222 Å². The van der Waals surface area contributed by atoms with Gasteiger partial charge in [0.15, 0.2) is 19.8 Å². The Morgan fingerprint density at radius 1 is 0.386 bits per heavy atom. The lowest BCUT2D eigenvalue weighted by molar-refractivity contribution is -0.123. The van der Waals surface area contributed by atoms with Crippen LogP contribution in [0.1, 0.15) is 240 Å². The van der Waals surface area contributed by atoms with E-state index in [1.807, 2.05) is 0 Å². The van der Waals surface area contributed by atoms with Gasteiger partial charge in [0.05, 0.1) is 0 Å². The maximum Gasteiger partial charge on any atom is 0.257 e. The van der Waals surface area contributed by atoms with Crippen LogP contribution in [0.4, 0.5) is 0 Å². The number of carbonyl (C=O) groups excluding carboxylic acids is 3. The van der Waals surface area contributed by atoms with Crippen molar-refractivity contribution < 1.29 is 28.6 Å². The van der Waals surface area contributed by atoms with Crippen molar-refractivity contribution in [2.24, 2.45) is 0 Å². The summed E-state index contributed by atoms with van der Waals surface area (Å²) < 4.78 is 21.1. The Labute approximate surface area is 426 Å². The molecule has 3 aromatic rings. The number of carbonyl (C=O) groups is 3. The van der Waals surface area contributed by atoms with Crippen LogP contribution in [-0.4, -0.2) is 57.2 Å². The molecule has 9 heteroatoms. The fourth-order valence-electron chi connectivity index (χ4n) is 8.33. The summed E-state index contributed by atoms with van der Waals surface area (Å²) in [5, 5.41) is 9.26. The molecule has 0 unspecified atom stereocenters. The van der Waals surface area contributed by atoms with E-state index in [9.17, 15) is 14.4 Å². The maximum absolute atomic E-state index is 13.8. The normalized spacial score (nSPS) is 12.8. The first-order chi connectivity index (χ1) is 32.2. The molecule has 0 spiro atoms. The van der Waals surface area contributed by atoms with E-state index in [2.05, 4.69) is 198 Å². The summed E-state index contributed by atoms with van der Waals surface area (Å²) in [5.74, 6) is 0.577. The molecule has 0 heterocycles. The van der Waals surface area contributed by atoms with Gasteiger partial charge in [-0.2, -0.15) is 0 Å². The largest absolute Gasteiger partial charge is 0.483 e. The van der Waals surface area contributed by atoms with Gasteiger partial charge in [-0.1, -0.05) is 201 Å². The minimum atomic E-state index is -0.676. The summed E-state index contributed by atoms with van der Waals surface area (Å²) in [5.41, 5.74) is 6.44. The molecule has 0 aliphatic rings. The molecule has 0 aromatic heterocycles. The van der Waals surface area contributed by atoms with Crippen LogP contribution in [0.15, 0.2) is 36.4 Å². The highest BCUT2D eigenvalue weighted by Gasteiger charge is 2.39. The molecule has 0 aliphatic carbocycles. The zero-order valence-electron chi connectivity index (χ0n) is 48.0. The molecule has 3 N–H and O–H groups in total. The van der Waals surface area contributed by atoms with E-state index >= 15 is 0 Å². The van der Waals surface area contributed by atoms with Crippen LogP contribution in [0, 0.1) is 0 Å². The molecule has 3 rings (SSSR count). The van der Waals surface area contributed by atoms with E-state index in [0.717, 1.165) is 88.6 Å². The van der Waals surface area contributed by atoms with Gasteiger partial charge in [-0.25, -0.2) is 0 Å². The monoisotopic (exact) mass is 968 g/mol. The minimum absolute atomic E-state index is 0.186. The topological polar surface area (TPSA) is 115 Å². The fourth-order valence-corrected chi connectivity index (χ4v) is 8.33. The Hall–Kier alpha value is -4.53. The highest BCUT2D eigenvalue weighted by atomic mass is 16.5. The minimum Gasteiger partial charge on any atom is -0.483 e. The first-order valence-electron chi connectivity index (χ1n) is 26.4. The molecule has 3 aromatic carbocycles. The molecule has 0 fully saturated rings. The van der Waals surface area contributed by atoms with E-state index in [0.29, 0.717) is 36.9 Å². The number of ether oxygens (including phenoxy) is 3. The third-order valence-corrected chi connectivity index (χ3v) is 12.9. The number of hydrogen-bond donors (Lipinski definition) is 3. The van der Waals surface area contributed by atoms with Crippen molar-refractivity contribution in [1.29, 1.82) is 0 Å². The number of benzene rings is 3. The van der Waals surface area contributed by atoms with Gasteiger partial charge in [0.25, 0.3) is 17.7 Å². The molecule has 0 aliphatic heterocycles. The summed E-state index contributed by atoms with van der Waals surface area (Å²) in [4.78, 5) is 41.3. The van der Waals surface area contributed by atoms with Crippen LogP contribution in [0.25, 0.3) is 0 Å². The van der Waals surface area contributed by atoms with Crippen LogP contribution in [0.5, 0.6) is 17.2 Å². The summed E-state index contributed by atoms with van der Waals surface area (Å²) in [6.07, 6.45) is 5.47. The average Bonchev–Trinajstić information content (AvgIpc) is 3.22. The lowest BCUT2D eigenvalue weighted by Gasteiger charge is -2.36. The van der Waals surface area contributed by atoms with Crippen molar-refractivity contribution in [3.63, 3.8) is 0 Å². The van der Waals surface area contributed by atoms with Crippen LogP contribution in [0.2, 0.25) is 0 Å². The van der Waals surface area contributed by atoms with Crippen LogP contribution in [-0.2, 0) is 46.9 Å². The molecular formula is C61H97N3O6. The van der Waals surface area contributed by atoms with Crippen molar-refractivity contribution >= 4 is 17.7 Å². The second kappa shape index (κ2) is 24.3. The Balaban J connectivity index is 2.90. The number of nitrogens with one attached hydrogen (secondary N) is 3. The Kier molecular flexibility index (Phi) is 20.7. The second-order valence-corrected chi connectivity index (χ2v) is 25.7. The van der Waals surface area contributed by atoms with E-state index in [-0.39, 0.29) is 53.8 Å². The first-order valence-corrected chi connectivity index (χ1v) is 26.4. The van der Waals surface area contributed by atoms with Crippen molar-refractivity contribution in [2.75, 3.05) is 39.5 Å². The molecule has 3 amide bonds. The van der Waals surface area contributed by atoms with Crippen molar-refractivity contribution in [3.05, 3.63) is 86.5 Å². The maximum atomic E-state index is 13.8. The van der Waals surface area contributed by atoms with E-state index in [1.54, 1.807) is 0 Å². The predicted octanol–water partition coefficient (Wildman–Crippen LogP) is 13.5. The molecule has 0 bridgehead atoms. The highest BCUT2D eigenvalue weighted by Crippen LogP contribution is 2.53. The standard InChI is InChI=1S/C61H97N3O6/c1-22-25-28-62-49(65)37-68-53-43(31-40(56(4,5)6)34-46(53)59(13,14)15)52(44-32-41(57(7,8)9)35-47(60(16,17)18)54(44)69-38-50(66)63-29-26-23-2)45-33-42(58(10,11)12)36-48(61(19,20)21)55(45)70-39-51(67)64-30-27-24-3/h31-36,52H,22-30,37-39H2,1-21H3,(H,62,65)(H,63,66)(H,64,67). The SMILES string of the molecule is CCCCNC(=O)COc1c(C(c2cc(C(C)(C)C)cc(C(C)(C)C)c2OCC(=O)NCCCC)c2cc(C(C)(C)C)cc(C(C)(C)C)c2OCC(=O)NCCCC)cc(C(C)(C)C)cc1C(C)(C)C. The Morgan fingerprint density at radius 2 is 0.614 bits per heavy atom. The second-order valence-electron chi connectivity index (χ2n) is 25.7. The lowest BCUT2D eigenvalue weighted by atomic mass is 9.70. The van der Waals surface area contributed by atoms with Gasteiger partial charge < -0.3 is 30.2 Å². The third-order valence-electron chi connectivity index (χ3n) is 12.9. The van der Waals surface area contributed by atoms with Gasteiger partial charge in [0, 0.05) is 58.9 Å². The molecule has 0 saturated carbocycles. The number of rotatable bonds is 21. The quantitative estimate of drug-likeness (QED) is 0.0724. The number of hydrogen-bond acceptors (Lipinski definition) is 6. The van der Waals surface area contributed by atoms with Gasteiger partial charge >= 0.3 is 0 Å². The smallest absolute Gasteiger partial charge is 0.257 e. The van der Waals surface area contributed by atoms with E-state index in [1.165, 1.54) is 0 Å². The van der Waals surface area contributed by atoms with Crippen LogP contribution < -0.4 is 30.2 Å². The Bertz CT molecular complexity index is 1980. The van der Waals surface area contributed by atoms with Crippen molar-refractivity contribution in [3.8, 4) is 17.2 Å². The van der Waals surface area contributed by atoms with E-state index in [4.69, 9.17) is 14.2 Å². The third kappa shape index (κ3) is 16.8. The first kappa shape index (κ1) is 59.8. The van der Waals surface area contributed by atoms with Crippen LogP contribution in [0.3, 0.4) is 0 Å². The molecule has 0 saturated heterocycles. The molecule has 0 radical (unpaired) electrons. The lowest BCUT2D eigenvalue weighted by Crippen LogP contribution is -2.32. The van der Waals surface area contributed by atoms with E-state index < -0.39 is 22.2 Å². The molecule has 70 heavy (non-hydrogen) atoms. The zero-order valence-corrected chi connectivity index (χ0v) is 48.0. The summed E-state index contributed by atoms with van der Waals surface area (Å²) in [6.45, 7) is 47.2. The van der Waals surface area contributed by atoms with Gasteiger partial charge in [0.1, 0.15) is 17.2 Å². The fraction of sp³-hybridized carbons (Fsp3) is 0.656. The summed E-state index contributed by atoms with van der Waals surface area (Å²) >= 11 is 0. The summed E-state index contributed by atoms with van der Waals surface area (Å²) in [6, 6.07) is 13.5. The molecular weight excluding hydrogens is 871 g/mol. The van der Waals surface area contributed by atoms with Gasteiger partial charge in [-0.3, -0.25) is 14.4 Å². The molecule has 0 atom stereocenters. The van der Waals surface area contributed by atoms with Gasteiger partial charge in [-0.05, 0) is 68.4 Å². The predicted molar refractivity (Wildman–Crippen MR) is 293 cm³/mol. The van der Waals surface area contributed by atoms with Crippen molar-refractivity contribution in [1.82, 2.24) is 16.0 Å². The summed E-state index contributed by atoms with van der Waals surface area (Å²) in [7, 11) is 0.